The van der Waals surface area contributed by atoms with E-state index in [9.17, 15) is 19.2 Å². The van der Waals surface area contributed by atoms with Gasteiger partial charge >= 0.3 is 18.0 Å². The molecule has 0 radical (unpaired) electrons. The van der Waals surface area contributed by atoms with Gasteiger partial charge in [-0.3, -0.25) is 19.5 Å². The Morgan fingerprint density at radius 1 is 1.03 bits per heavy atom. The standard InChI is InChI=1S/C25H26N4O6/c1-25(2,3)35-21(31)15-29(19-11-5-7-16-9-6-12-26-22(16)19)20(30)14-27-24(34)28-18-10-4-8-17(13-18)23(32)33/h4-13H,14-15H2,1-3H3,(H,32,33)(H2,27,28,34). The number of urea groups is 1. The van der Waals surface area contributed by atoms with Crippen molar-refractivity contribution in [2.75, 3.05) is 23.3 Å². The van der Waals surface area contributed by atoms with Gasteiger partial charge in [-0.2, -0.15) is 0 Å². The fourth-order valence-corrected chi connectivity index (χ4v) is 3.27. The number of nitrogens with zero attached hydrogens (tertiary/aromatic N) is 2. The molecular weight excluding hydrogens is 452 g/mol. The highest BCUT2D eigenvalue weighted by atomic mass is 16.6. The number of carbonyl (C=O) groups is 4. The topological polar surface area (TPSA) is 138 Å². The predicted molar refractivity (Wildman–Crippen MR) is 130 cm³/mol. The lowest BCUT2D eigenvalue weighted by Crippen LogP contribution is -2.45. The molecule has 3 amide bonds. The van der Waals surface area contributed by atoms with Gasteiger partial charge in [0.05, 0.1) is 23.3 Å². The van der Waals surface area contributed by atoms with Crippen LogP contribution in [0.5, 0.6) is 0 Å². The van der Waals surface area contributed by atoms with Crippen molar-refractivity contribution < 1.29 is 29.0 Å². The fourth-order valence-electron chi connectivity index (χ4n) is 3.27. The summed E-state index contributed by atoms with van der Waals surface area (Å²) in [5, 5.41) is 14.8. The molecule has 3 N–H and O–H groups in total. The van der Waals surface area contributed by atoms with E-state index in [4.69, 9.17) is 9.84 Å². The second-order valence-electron chi connectivity index (χ2n) is 8.61. The van der Waals surface area contributed by atoms with Gasteiger partial charge in [-0.1, -0.05) is 24.3 Å². The minimum Gasteiger partial charge on any atom is -0.478 e. The van der Waals surface area contributed by atoms with Gasteiger partial charge in [0.2, 0.25) is 5.91 Å². The van der Waals surface area contributed by atoms with E-state index in [1.54, 1.807) is 45.2 Å². The van der Waals surface area contributed by atoms with Crippen LogP contribution in [-0.2, 0) is 14.3 Å². The summed E-state index contributed by atoms with van der Waals surface area (Å²) >= 11 is 0. The molecule has 1 aromatic heterocycles. The summed E-state index contributed by atoms with van der Waals surface area (Å²) in [6, 6.07) is 13.8. The van der Waals surface area contributed by atoms with Crippen LogP contribution in [0, 0.1) is 0 Å². The van der Waals surface area contributed by atoms with Crippen molar-refractivity contribution in [3.63, 3.8) is 0 Å². The maximum Gasteiger partial charge on any atom is 0.335 e. The number of amides is 3. The Morgan fingerprint density at radius 3 is 2.46 bits per heavy atom. The van der Waals surface area contributed by atoms with E-state index in [2.05, 4.69) is 15.6 Å². The Labute approximate surface area is 201 Å². The Hall–Kier alpha value is -4.47. The Balaban J connectivity index is 1.77. The van der Waals surface area contributed by atoms with E-state index in [0.29, 0.717) is 11.2 Å². The highest BCUT2D eigenvalue weighted by molar-refractivity contribution is 6.06. The Bertz CT molecular complexity index is 1260. The maximum absolute atomic E-state index is 13.2. The number of aromatic carboxylic acids is 1. The fraction of sp³-hybridized carbons (Fsp3) is 0.240. The first kappa shape index (κ1) is 25.2. The van der Waals surface area contributed by atoms with Crippen molar-refractivity contribution in [1.82, 2.24) is 10.3 Å². The number of carbonyl (C=O) groups excluding carboxylic acids is 3. The van der Waals surface area contributed by atoms with E-state index in [-0.39, 0.29) is 17.8 Å². The van der Waals surface area contributed by atoms with Gasteiger partial charge in [0, 0.05) is 17.3 Å². The quantitative estimate of drug-likeness (QED) is 0.442. The monoisotopic (exact) mass is 478 g/mol. The Morgan fingerprint density at radius 2 is 1.74 bits per heavy atom. The molecule has 0 aliphatic carbocycles. The lowest BCUT2D eigenvalue weighted by Gasteiger charge is -2.26. The number of rotatable bonds is 7. The number of aromatic nitrogens is 1. The number of carboxylic acids is 1. The molecule has 10 heteroatoms. The normalized spacial score (nSPS) is 10.9. The van der Waals surface area contributed by atoms with E-state index >= 15 is 0 Å². The summed E-state index contributed by atoms with van der Waals surface area (Å²) in [4.78, 5) is 54.7. The molecule has 0 atom stereocenters. The molecule has 0 saturated heterocycles. The van der Waals surface area contributed by atoms with Gasteiger partial charge in [0.1, 0.15) is 12.1 Å². The molecule has 0 aliphatic heterocycles. The summed E-state index contributed by atoms with van der Waals surface area (Å²) in [5.41, 5.74) is 0.424. The summed E-state index contributed by atoms with van der Waals surface area (Å²) in [6.45, 7) is 4.36. The Kier molecular flexibility index (Phi) is 7.65. The third-order valence-electron chi connectivity index (χ3n) is 4.68. The van der Waals surface area contributed by atoms with Crippen LogP contribution < -0.4 is 15.5 Å². The van der Waals surface area contributed by atoms with Crippen LogP contribution in [0.25, 0.3) is 10.9 Å². The number of para-hydroxylation sites is 1. The minimum absolute atomic E-state index is 0.00543. The first-order chi connectivity index (χ1) is 16.5. The van der Waals surface area contributed by atoms with E-state index in [0.717, 1.165) is 5.39 Å². The average molecular weight is 479 g/mol. The number of benzene rings is 2. The molecule has 3 rings (SSSR count). The highest BCUT2D eigenvalue weighted by Gasteiger charge is 2.25. The summed E-state index contributed by atoms with van der Waals surface area (Å²) < 4.78 is 5.39. The lowest BCUT2D eigenvalue weighted by atomic mass is 10.1. The van der Waals surface area contributed by atoms with Crippen LogP contribution in [-0.4, -0.2) is 52.7 Å². The first-order valence-corrected chi connectivity index (χ1v) is 10.8. The molecule has 10 nitrogen and oxygen atoms in total. The second-order valence-corrected chi connectivity index (χ2v) is 8.61. The number of ether oxygens (including phenoxy) is 1. The SMILES string of the molecule is CC(C)(C)OC(=O)CN(C(=O)CNC(=O)Nc1cccc(C(=O)O)c1)c1cccc2cccnc12. The zero-order chi connectivity index (χ0) is 25.6. The van der Waals surface area contributed by atoms with Crippen LogP contribution in [0.1, 0.15) is 31.1 Å². The van der Waals surface area contributed by atoms with Crippen LogP contribution in [0.15, 0.2) is 60.8 Å². The smallest absolute Gasteiger partial charge is 0.335 e. The van der Waals surface area contributed by atoms with Crippen molar-refractivity contribution in [2.45, 2.75) is 26.4 Å². The van der Waals surface area contributed by atoms with Crippen molar-refractivity contribution in [1.29, 1.82) is 0 Å². The van der Waals surface area contributed by atoms with Crippen LogP contribution >= 0.6 is 0 Å². The van der Waals surface area contributed by atoms with Crippen LogP contribution in [0.3, 0.4) is 0 Å². The number of esters is 1. The number of nitrogens with one attached hydrogen (secondary N) is 2. The van der Waals surface area contributed by atoms with Crippen LogP contribution in [0.2, 0.25) is 0 Å². The molecule has 0 aliphatic rings. The van der Waals surface area contributed by atoms with Crippen molar-refractivity contribution >= 4 is 46.2 Å². The third kappa shape index (κ3) is 7.00. The molecule has 2 aromatic carbocycles. The highest BCUT2D eigenvalue weighted by Crippen LogP contribution is 2.25. The van der Waals surface area contributed by atoms with E-state index < -0.39 is 36.0 Å². The molecular formula is C25H26N4O6. The number of anilines is 2. The summed E-state index contributed by atoms with van der Waals surface area (Å²) in [7, 11) is 0. The summed E-state index contributed by atoms with van der Waals surface area (Å²) in [6.07, 6.45) is 1.58. The number of carboxylic acid groups (broad SMARTS) is 1. The second kappa shape index (κ2) is 10.6. The van der Waals surface area contributed by atoms with E-state index in [1.165, 1.54) is 29.2 Å². The number of hydrogen-bond acceptors (Lipinski definition) is 6. The minimum atomic E-state index is -1.13. The van der Waals surface area contributed by atoms with Gasteiger partial charge in [0.15, 0.2) is 0 Å². The largest absolute Gasteiger partial charge is 0.478 e. The molecule has 1 heterocycles. The summed E-state index contributed by atoms with van der Waals surface area (Å²) in [5.74, 6) is -2.32. The van der Waals surface area contributed by atoms with Crippen LogP contribution in [0.4, 0.5) is 16.2 Å². The number of hydrogen-bond donors (Lipinski definition) is 3. The third-order valence-corrected chi connectivity index (χ3v) is 4.68. The van der Waals surface area contributed by atoms with Gasteiger partial charge in [-0.15, -0.1) is 0 Å². The van der Waals surface area contributed by atoms with Crippen molar-refractivity contribution in [3.05, 3.63) is 66.4 Å². The first-order valence-electron chi connectivity index (χ1n) is 10.8. The zero-order valence-corrected chi connectivity index (χ0v) is 19.6. The molecule has 3 aromatic rings. The maximum atomic E-state index is 13.2. The molecule has 0 spiro atoms. The van der Waals surface area contributed by atoms with Gasteiger partial charge in [-0.25, -0.2) is 9.59 Å². The molecule has 0 fully saturated rings. The zero-order valence-electron chi connectivity index (χ0n) is 19.6. The molecule has 0 unspecified atom stereocenters. The van der Waals surface area contributed by atoms with E-state index in [1.807, 2.05) is 12.1 Å². The van der Waals surface area contributed by atoms with Crippen molar-refractivity contribution in [2.24, 2.45) is 0 Å². The predicted octanol–water partition coefficient (Wildman–Crippen LogP) is 3.43. The molecule has 0 saturated carbocycles. The van der Waals surface area contributed by atoms with Gasteiger partial charge in [0.25, 0.3) is 0 Å². The van der Waals surface area contributed by atoms with Gasteiger partial charge < -0.3 is 20.5 Å². The molecule has 182 valence electrons. The van der Waals surface area contributed by atoms with Gasteiger partial charge in [-0.05, 0) is 51.1 Å². The number of fused-ring (bicyclic) bond motifs is 1. The lowest BCUT2D eigenvalue weighted by molar-refractivity contribution is -0.153. The molecule has 35 heavy (non-hydrogen) atoms. The number of pyridine rings is 1. The van der Waals surface area contributed by atoms with Crippen molar-refractivity contribution in [3.8, 4) is 0 Å². The molecule has 0 bridgehead atoms. The average Bonchev–Trinajstić information content (AvgIpc) is 2.80.